The molecule has 0 aliphatic heterocycles. The Bertz CT molecular complexity index is 671. The molecular weight excluding hydrogens is 300 g/mol. The third kappa shape index (κ3) is 4.23. The van der Waals surface area contributed by atoms with Crippen LogP contribution in [-0.2, 0) is 11.3 Å². The predicted molar refractivity (Wildman–Crippen MR) is 95.9 cm³/mol. The van der Waals surface area contributed by atoms with Crippen molar-refractivity contribution in [1.82, 2.24) is 14.7 Å². The molecule has 1 aliphatic carbocycles. The van der Waals surface area contributed by atoms with Gasteiger partial charge >= 0.3 is 0 Å². The molecule has 1 N–H and O–H groups in total. The predicted octanol–water partition coefficient (Wildman–Crippen LogP) is 3.38. The van der Waals surface area contributed by atoms with Crippen molar-refractivity contribution in [3.8, 4) is 0 Å². The average molecular weight is 326 g/mol. The van der Waals surface area contributed by atoms with E-state index in [0.717, 1.165) is 25.2 Å². The molecular formula is C19H26N4O. The first-order chi connectivity index (χ1) is 11.6. The van der Waals surface area contributed by atoms with Crippen LogP contribution in [0.25, 0.3) is 0 Å². The topological polar surface area (TPSA) is 50.2 Å². The van der Waals surface area contributed by atoms with Crippen molar-refractivity contribution in [3.63, 3.8) is 0 Å². The summed E-state index contributed by atoms with van der Waals surface area (Å²) >= 11 is 0. The Kier molecular flexibility index (Phi) is 5.30. The lowest BCUT2D eigenvalue weighted by atomic mass is 10.1. The maximum absolute atomic E-state index is 12.3. The summed E-state index contributed by atoms with van der Waals surface area (Å²) in [6.07, 6.45) is 6.56. The third-order valence-corrected chi connectivity index (χ3v) is 4.59. The minimum Gasteiger partial charge on any atom is -0.310 e. The number of likely N-dealkylation sites (N-methyl/N-ethyl adjacent to an activating group) is 1. The minimum atomic E-state index is 0.00404. The highest BCUT2D eigenvalue weighted by Gasteiger charge is 2.20. The van der Waals surface area contributed by atoms with Crippen LogP contribution in [0.4, 0.5) is 5.82 Å². The van der Waals surface area contributed by atoms with Gasteiger partial charge in [0.25, 0.3) is 0 Å². The Labute approximate surface area is 143 Å². The molecule has 1 aromatic heterocycles. The second kappa shape index (κ2) is 7.62. The Hall–Kier alpha value is -2.14. The second-order valence-corrected chi connectivity index (χ2v) is 6.81. The van der Waals surface area contributed by atoms with Gasteiger partial charge in [0.15, 0.2) is 0 Å². The lowest BCUT2D eigenvalue weighted by molar-refractivity contribution is -0.117. The van der Waals surface area contributed by atoms with Gasteiger partial charge in [-0.1, -0.05) is 42.7 Å². The highest BCUT2D eigenvalue weighted by atomic mass is 16.2. The standard InChI is InChI=1S/C19H26N4O/c1-15-7-9-16(10-8-15)13-22(2)14-19(24)21-18-11-12-20-23(18)17-5-3-4-6-17/h7-12,17H,3-6,13-14H2,1-2H3,(H,21,24). The van der Waals surface area contributed by atoms with Crippen molar-refractivity contribution in [3.05, 3.63) is 47.7 Å². The molecule has 0 atom stereocenters. The number of amides is 1. The van der Waals surface area contributed by atoms with E-state index in [2.05, 4.69) is 41.6 Å². The molecule has 0 spiro atoms. The largest absolute Gasteiger partial charge is 0.310 e. The van der Waals surface area contributed by atoms with E-state index in [1.807, 2.05) is 22.7 Å². The van der Waals surface area contributed by atoms with E-state index in [0.29, 0.717) is 12.6 Å². The fraction of sp³-hybridized carbons (Fsp3) is 0.474. The van der Waals surface area contributed by atoms with Crippen LogP contribution >= 0.6 is 0 Å². The van der Waals surface area contributed by atoms with Gasteiger partial charge in [-0.05, 0) is 32.4 Å². The number of nitrogens with one attached hydrogen (secondary N) is 1. The summed E-state index contributed by atoms with van der Waals surface area (Å²) in [5.41, 5.74) is 2.46. The van der Waals surface area contributed by atoms with Gasteiger partial charge in [0.05, 0.1) is 18.8 Å². The number of anilines is 1. The molecule has 0 unspecified atom stereocenters. The lowest BCUT2D eigenvalue weighted by Crippen LogP contribution is -2.30. The third-order valence-electron chi connectivity index (χ3n) is 4.59. The normalized spacial score (nSPS) is 15.1. The molecule has 5 heteroatoms. The summed E-state index contributed by atoms with van der Waals surface area (Å²) in [6, 6.07) is 10.7. The van der Waals surface area contributed by atoms with Gasteiger partial charge in [-0.2, -0.15) is 5.10 Å². The molecule has 128 valence electrons. The van der Waals surface area contributed by atoms with Crippen molar-refractivity contribution in [2.24, 2.45) is 0 Å². The summed E-state index contributed by atoms with van der Waals surface area (Å²) in [5, 5.41) is 7.41. The minimum absolute atomic E-state index is 0.00404. The van der Waals surface area contributed by atoms with Crippen molar-refractivity contribution < 1.29 is 4.79 Å². The molecule has 3 rings (SSSR count). The van der Waals surface area contributed by atoms with E-state index in [4.69, 9.17) is 0 Å². The second-order valence-electron chi connectivity index (χ2n) is 6.81. The number of hydrogen-bond donors (Lipinski definition) is 1. The first-order valence-electron chi connectivity index (χ1n) is 8.69. The molecule has 1 heterocycles. The number of rotatable bonds is 6. The van der Waals surface area contributed by atoms with Crippen LogP contribution in [0.15, 0.2) is 36.5 Å². The Morgan fingerprint density at radius 2 is 1.96 bits per heavy atom. The number of aryl methyl sites for hydroxylation is 1. The van der Waals surface area contributed by atoms with E-state index in [1.54, 1.807) is 6.20 Å². The van der Waals surface area contributed by atoms with Gasteiger partial charge < -0.3 is 5.32 Å². The van der Waals surface area contributed by atoms with Crippen LogP contribution in [-0.4, -0.2) is 34.2 Å². The zero-order chi connectivity index (χ0) is 16.9. The SMILES string of the molecule is Cc1ccc(CN(C)CC(=O)Nc2ccnn2C2CCCC2)cc1. The first kappa shape index (κ1) is 16.7. The molecule has 2 aromatic rings. The zero-order valence-electron chi connectivity index (χ0n) is 14.5. The van der Waals surface area contributed by atoms with Crippen LogP contribution in [0.1, 0.15) is 42.9 Å². The van der Waals surface area contributed by atoms with Crippen molar-refractivity contribution in [1.29, 1.82) is 0 Å². The number of hydrogen-bond acceptors (Lipinski definition) is 3. The van der Waals surface area contributed by atoms with E-state index >= 15 is 0 Å². The van der Waals surface area contributed by atoms with E-state index < -0.39 is 0 Å². The summed E-state index contributed by atoms with van der Waals surface area (Å²) in [5.74, 6) is 0.819. The maximum Gasteiger partial charge on any atom is 0.239 e. The Morgan fingerprint density at radius 1 is 1.25 bits per heavy atom. The molecule has 1 aromatic carbocycles. The smallest absolute Gasteiger partial charge is 0.239 e. The van der Waals surface area contributed by atoms with Crippen LogP contribution in [0.3, 0.4) is 0 Å². The van der Waals surface area contributed by atoms with Gasteiger partial charge in [-0.25, -0.2) is 4.68 Å². The lowest BCUT2D eigenvalue weighted by Gasteiger charge is -2.18. The molecule has 1 fully saturated rings. The number of carbonyl (C=O) groups excluding carboxylic acids is 1. The molecule has 1 aliphatic rings. The molecule has 0 radical (unpaired) electrons. The Balaban J connectivity index is 1.53. The summed E-state index contributed by atoms with van der Waals surface area (Å²) in [6.45, 7) is 3.20. The zero-order valence-corrected chi connectivity index (χ0v) is 14.5. The van der Waals surface area contributed by atoms with Crippen molar-refractivity contribution >= 4 is 11.7 Å². The maximum atomic E-state index is 12.3. The van der Waals surface area contributed by atoms with Crippen LogP contribution in [0.2, 0.25) is 0 Å². The molecule has 24 heavy (non-hydrogen) atoms. The van der Waals surface area contributed by atoms with Gasteiger partial charge in [-0.3, -0.25) is 9.69 Å². The van der Waals surface area contributed by atoms with Crippen LogP contribution in [0, 0.1) is 6.92 Å². The van der Waals surface area contributed by atoms with Gasteiger partial charge in [0.2, 0.25) is 5.91 Å². The molecule has 5 nitrogen and oxygen atoms in total. The highest BCUT2D eigenvalue weighted by Crippen LogP contribution is 2.31. The van der Waals surface area contributed by atoms with Gasteiger partial charge in [0, 0.05) is 12.6 Å². The average Bonchev–Trinajstić information content (AvgIpc) is 3.20. The summed E-state index contributed by atoms with van der Waals surface area (Å²) in [7, 11) is 1.97. The fourth-order valence-corrected chi connectivity index (χ4v) is 3.34. The quantitative estimate of drug-likeness (QED) is 0.885. The number of carbonyl (C=O) groups is 1. The molecule has 0 saturated heterocycles. The summed E-state index contributed by atoms with van der Waals surface area (Å²) in [4.78, 5) is 14.4. The fourth-order valence-electron chi connectivity index (χ4n) is 3.34. The van der Waals surface area contributed by atoms with Crippen LogP contribution in [0.5, 0.6) is 0 Å². The molecule has 1 saturated carbocycles. The van der Waals surface area contributed by atoms with Crippen LogP contribution < -0.4 is 5.32 Å². The van der Waals surface area contributed by atoms with Crippen molar-refractivity contribution in [2.45, 2.75) is 45.2 Å². The van der Waals surface area contributed by atoms with E-state index in [-0.39, 0.29) is 5.91 Å². The molecule has 1 amide bonds. The monoisotopic (exact) mass is 326 g/mol. The van der Waals surface area contributed by atoms with Gasteiger partial charge in [-0.15, -0.1) is 0 Å². The number of nitrogens with zero attached hydrogens (tertiary/aromatic N) is 3. The van der Waals surface area contributed by atoms with E-state index in [1.165, 1.54) is 24.0 Å². The Morgan fingerprint density at radius 3 is 2.67 bits per heavy atom. The van der Waals surface area contributed by atoms with E-state index in [9.17, 15) is 4.79 Å². The number of aromatic nitrogens is 2. The highest BCUT2D eigenvalue weighted by molar-refractivity contribution is 5.91. The summed E-state index contributed by atoms with van der Waals surface area (Å²) < 4.78 is 1.98. The first-order valence-corrected chi connectivity index (χ1v) is 8.69. The molecule has 0 bridgehead atoms. The number of benzene rings is 1. The van der Waals surface area contributed by atoms with Crippen molar-refractivity contribution in [2.75, 3.05) is 18.9 Å². The van der Waals surface area contributed by atoms with Gasteiger partial charge in [0.1, 0.15) is 5.82 Å².